The Morgan fingerprint density at radius 2 is 2.08 bits per heavy atom. The number of rotatable bonds is 5. The lowest BCUT2D eigenvalue weighted by Crippen LogP contribution is -2.20. The molecule has 0 atom stereocenters. The molecule has 0 fully saturated rings. The number of aryl methyl sites for hydroxylation is 1. The highest BCUT2D eigenvalue weighted by atomic mass is 32.1. The predicted molar refractivity (Wildman–Crippen MR) is 97.3 cm³/mol. The lowest BCUT2D eigenvalue weighted by Gasteiger charge is -2.05. The van der Waals surface area contributed by atoms with Gasteiger partial charge in [-0.1, -0.05) is 29.5 Å². The van der Waals surface area contributed by atoms with Crippen molar-refractivity contribution < 1.29 is 13.9 Å². The summed E-state index contributed by atoms with van der Waals surface area (Å²) in [5.41, 5.74) is 2.30. The molecule has 0 saturated carbocycles. The van der Waals surface area contributed by atoms with Gasteiger partial charge in [0.05, 0.1) is 16.8 Å². The highest BCUT2D eigenvalue weighted by Gasteiger charge is 2.11. The number of halogens is 1. The summed E-state index contributed by atoms with van der Waals surface area (Å²) in [6.07, 6.45) is 0. The van der Waals surface area contributed by atoms with Crippen LogP contribution in [0.4, 0.5) is 4.39 Å². The Morgan fingerprint density at radius 3 is 2.84 bits per heavy atom. The minimum atomic E-state index is -0.303. The van der Waals surface area contributed by atoms with Crippen molar-refractivity contribution in [2.24, 2.45) is 4.99 Å². The topological polar surface area (TPSA) is 43.6 Å². The standard InChI is InChI=1S/C19H19FN2O2S/c1-3-24-11-10-22-16-9-8-14(20)12-17(16)25-19(22)21-18(23)15-7-5-4-6-13(15)2/h4-9,12H,3,10-11H2,1-2H3. The molecular weight excluding hydrogens is 339 g/mol. The van der Waals surface area contributed by atoms with Crippen molar-refractivity contribution in [1.82, 2.24) is 4.57 Å². The second kappa shape index (κ2) is 7.72. The molecular formula is C19H19FN2O2S. The lowest BCUT2D eigenvalue weighted by molar-refractivity contribution is 0.0996. The summed E-state index contributed by atoms with van der Waals surface area (Å²) >= 11 is 1.30. The third-order valence-corrected chi connectivity index (χ3v) is 4.92. The van der Waals surface area contributed by atoms with E-state index in [-0.39, 0.29) is 11.7 Å². The number of hydrogen-bond donors (Lipinski definition) is 0. The highest BCUT2D eigenvalue weighted by Crippen LogP contribution is 2.19. The Kier molecular flexibility index (Phi) is 5.40. The van der Waals surface area contributed by atoms with Crippen LogP contribution < -0.4 is 4.80 Å². The third kappa shape index (κ3) is 3.86. The van der Waals surface area contributed by atoms with Gasteiger partial charge in [-0.15, -0.1) is 0 Å². The van der Waals surface area contributed by atoms with Crippen molar-refractivity contribution >= 4 is 27.5 Å². The summed E-state index contributed by atoms with van der Waals surface area (Å²) in [5.74, 6) is -0.599. The molecule has 0 spiro atoms. The van der Waals surface area contributed by atoms with Crippen molar-refractivity contribution in [3.8, 4) is 0 Å². The minimum absolute atomic E-state index is 0.296. The van der Waals surface area contributed by atoms with Gasteiger partial charge in [0.2, 0.25) is 0 Å². The van der Waals surface area contributed by atoms with Crippen LogP contribution in [0.3, 0.4) is 0 Å². The summed E-state index contributed by atoms with van der Waals surface area (Å²) in [7, 11) is 0. The average Bonchev–Trinajstić information content (AvgIpc) is 2.92. The van der Waals surface area contributed by atoms with Crippen LogP contribution in [0.1, 0.15) is 22.8 Å². The van der Waals surface area contributed by atoms with E-state index in [1.807, 2.05) is 36.6 Å². The third-order valence-electron chi connectivity index (χ3n) is 3.88. The fourth-order valence-corrected chi connectivity index (χ4v) is 3.69. The Labute approximate surface area is 149 Å². The molecule has 3 rings (SSSR count). The van der Waals surface area contributed by atoms with Crippen LogP contribution in [0.25, 0.3) is 10.2 Å². The SMILES string of the molecule is CCOCCn1c(=NC(=O)c2ccccc2C)sc2cc(F)ccc21. The minimum Gasteiger partial charge on any atom is -0.380 e. The lowest BCUT2D eigenvalue weighted by atomic mass is 10.1. The maximum atomic E-state index is 13.5. The predicted octanol–water partition coefficient (Wildman–Crippen LogP) is 3.93. The molecule has 0 aliphatic carbocycles. The fourth-order valence-electron chi connectivity index (χ4n) is 2.61. The molecule has 1 aromatic heterocycles. The molecule has 0 saturated heterocycles. The Bertz CT molecular complexity index is 975. The van der Waals surface area contributed by atoms with E-state index in [1.165, 1.54) is 23.5 Å². The van der Waals surface area contributed by atoms with Gasteiger partial charge in [0.15, 0.2) is 4.80 Å². The van der Waals surface area contributed by atoms with Gasteiger partial charge in [0, 0.05) is 18.7 Å². The maximum absolute atomic E-state index is 13.5. The first-order valence-electron chi connectivity index (χ1n) is 8.11. The first kappa shape index (κ1) is 17.5. The molecule has 1 amide bonds. The highest BCUT2D eigenvalue weighted by molar-refractivity contribution is 7.16. The van der Waals surface area contributed by atoms with E-state index < -0.39 is 0 Å². The molecule has 2 aromatic carbocycles. The monoisotopic (exact) mass is 358 g/mol. The van der Waals surface area contributed by atoms with Gasteiger partial charge in [-0.2, -0.15) is 4.99 Å². The molecule has 0 radical (unpaired) electrons. The number of fused-ring (bicyclic) bond motifs is 1. The van der Waals surface area contributed by atoms with Crippen LogP contribution in [-0.4, -0.2) is 23.7 Å². The molecule has 1 heterocycles. The van der Waals surface area contributed by atoms with Crippen LogP contribution in [0.2, 0.25) is 0 Å². The molecule has 0 aliphatic rings. The molecule has 0 unspecified atom stereocenters. The summed E-state index contributed by atoms with van der Waals surface area (Å²) in [4.78, 5) is 17.4. The van der Waals surface area contributed by atoms with Crippen LogP contribution in [-0.2, 0) is 11.3 Å². The van der Waals surface area contributed by atoms with Gasteiger partial charge in [0.1, 0.15) is 5.82 Å². The summed E-state index contributed by atoms with van der Waals surface area (Å²) in [6.45, 7) is 5.49. The van der Waals surface area contributed by atoms with Gasteiger partial charge in [-0.25, -0.2) is 4.39 Å². The molecule has 0 N–H and O–H groups in total. The van der Waals surface area contributed by atoms with Gasteiger partial charge in [0.25, 0.3) is 5.91 Å². The number of nitrogens with zero attached hydrogens (tertiary/aromatic N) is 2. The zero-order chi connectivity index (χ0) is 17.8. The number of ether oxygens (including phenoxy) is 1. The van der Waals surface area contributed by atoms with Crippen molar-refractivity contribution in [3.63, 3.8) is 0 Å². The average molecular weight is 358 g/mol. The number of carbonyl (C=O) groups is 1. The van der Waals surface area contributed by atoms with Gasteiger partial charge < -0.3 is 9.30 Å². The van der Waals surface area contributed by atoms with Crippen LogP contribution in [0.5, 0.6) is 0 Å². The number of thiazole rings is 1. The van der Waals surface area contributed by atoms with Gasteiger partial charge in [-0.05, 0) is 43.7 Å². The molecule has 25 heavy (non-hydrogen) atoms. The normalized spacial score (nSPS) is 12.0. The van der Waals surface area contributed by atoms with E-state index in [4.69, 9.17) is 4.74 Å². The maximum Gasteiger partial charge on any atom is 0.279 e. The van der Waals surface area contributed by atoms with E-state index in [1.54, 1.807) is 12.1 Å². The smallest absolute Gasteiger partial charge is 0.279 e. The molecule has 4 nitrogen and oxygen atoms in total. The zero-order valence-electron chi connectivity index (χ0n) is 14.2. The van der Waals surface area contributed by atoms with Crippen molar-refractivity contribution in [1.29, 1.82) is 0 Å². The number of benzene rings is 2. The van der Waals surface area contributed by atoms with Crippen LogP contribution in [0, 0.1) is 12.7 Å². The Hall–Kier alpha value is -2.31. The van der Waals surface area contributed by atoms with Crippen molar-refractivity contribution in [2.45, 2.75) is 20.4 Å². The van der Waals surface area contributed by atoms with E-state index in [2.05, 4.69) is 4.99 Å². The number of carbonyl (C=O) groups excluding carboxylic acids is 1. The largest absolute Gasteiger partial charge is 0.380 e. The van der Waals surface area contributed by atoms with Crippen LogP contribution >= 0.6 is 11.3 Å². The first-order valence-corrected chi connectivity index (χ1v) is 8.93. The van der Waals surface area contributed by atoms with E-state index in [0.29, 0.717) is 30.1 Å². The Morgan fingerprint density at radius 1 is 1.28 bits per heavy atom. The van der Waals surface area contributed by atoms with E-state index in [9.17, 15) is 9.18 Å². The fraction of sp³-hybridized carbons (Fsp3) is 0.263. The number of hydrogen-bond acceptors (Lipinski definition) is 3. The second-order valence-electron chi connectivity index (χ2n) is 5.58. The summed E-state index contributed by atoms with van der Waals surface area (Å²) < 4.78 is 21.6. The van der Waals surface area contributed by atoms with Crippen molar-refractivity contribution in [2.75, 3.05) is 13.2 Å². The Balaban J connectivity index is 2.08. The van der Waals surface area contributed by atoms with E-state index in [0.717, 1.165) is 15.8 Å². The summed E-state index contributed by atoms with van der Waals surface area (Å²) in [6, 6.07) is 11.9. The molecule has 0 bridgehead atoms. The summed E-state index contributed by atoms with van der Waals surface area (Å²) in [5, 5.41) is 0. The van der Waals surface area contributed by atoms with Gasteiger partial charge >= 0.3 is 0 Å². The molecule has 3 aromatic rings. The first-order chi connectivity index (χ1) is 12.1. The quantitative estimate of drug-likeness (QED) is 0.649. The molecule has 130 valence electrons. The van der Waals surface area contributed by atoms with Crippen molar-refractivity contribution in [3.05, 3.63) is 64.2 Å². The van der Waals surface area contributed by atoms with Gasteiger partial charge in [-0.3, -0.25) is 4.79 Å². The number of amides is 1. The molecule has 6 heteroatoms. The number of aromatic nitrogens is 1. The second-order valence-corrected chi connectivity index (χ2v) is 6.59. The van der Waals surface area contributed by atoms with E-state index >= 15 is 0 Å². The van der Waals surface area contributed by atoms with Crippen LogP contribution in [0.15, 0.2) is 47.5 Å². The zero-order valence-corrected chi connectivity index (χ0v) is 15.0. The molecule has 0 aliphatic heterocycles.